The van der Waals surface area contributed by atoms with Gasteiger partial charge in [0.05, 0.1) is 10.6 Å². The third-order valence-electron chi connectivity index (χ3n) is 2.98. The van der Waals surface area contributed by atoms with Gasteiger partial charge in [-0.1, -0.05) is 23.7 Å². The molecule has 2 aliphatic rings. The monoisotopic (exact) mass is 285 g/mol. The second-order valence-electron chi connectivity index (χ2n) is 4.37. The Balaban J connectivity index is 1.81. The number of nitrogens with zero attached hydrogens (tertiary/aromatic N) is 2. The van der Waals surface area contributed by atoms with Crippen LogP contribution in [0.4, 0.5) is 0 Å². The molecule has 0 atom stereocenters. The normalized spacial score (nSPS) is 19.6. The van der Waals surface area contributed by atoms with Gasteiger partial charge in [0, 0.05) is 26.2 Å². The zero-order valence-electron chi connectivity index (χ0n) is 9.67. The molecule has 1 aromatic rings. The summed E-state index contributed by atoms with van der Waals surface area (Å²) in [5.74, 6) is -0.372. The van der Waals surface area contributed by atoms with Crippen LogP contribution in [0.15, 0.2) is 24.3 Å². The fraction of sp³-hybridized carbons (Fsp3) is 0.364. The molecule has 3 rings (SSSR count). The molecule has 5 nitrogen and oxygen atoms in total. The van der Waals surface area contributed by atoms with Gasteiger partial charge in [-0.05, 0) is 12.1 Å². The van der Waals surface area contributed by atoms with Crippen LogP contribution in [0.1, 0.15) is 10.4 Å². The van der Waals surface area contributed by atoms with Crippen LogP contribution in [-0.4, -0.2) is 41.4 Å². The van der Waals surface area contributed by atoms with E-state index in [4.69, 9.17) is 11.6 Å². The number of halogens is 1. The van der Waals surface area contributed by atoms with Gasteiger partial charge in [-0.15, -0.1) is 0 Å². The van der Waals surface area contributed by atoms with Gasteiger partial charge in [-0.3, -0.25) is 14.4 Å². The first-order chi connectivity index (χ1) is 8.61. The summed E-state index contributed by atoms with van der Waals surface area (Å²) in [6.07, 6.45) is 0. The molecule has 0 aromatic heterocycles. The van der Waals surface area contributed by atoms with E-state index < -0.39 is 7.59 Å². The topological polar surface area (TPSA) is 52.2 Å². The standard InChI is InChI=1S/C11H13ClN3O2P/c12-10-4-2-1-3-9(10)11(16)13-18(17,14-5-6-14)15-7-8-15/h1-4H,5-8H2,(H,13,16,17). The third kappa shape index (κ3) is 2.19. The smallest absolute Gasteiger partial charge is 0.279 e. The number of rotatable bonds is 4. The minimum absolute atomic E-state index is 0.364. The third-order valence-corrected chi connectivity index (χ3v) is 6.14. The predicted molar refractivity (Wildman–Crippen MR) is 69.7 cm³/mol. The maximum atomic E-state index is 12.7. The van der Waals surface area contributed by atoms with E-state index in [9.17, 15) is 9.36 Å². The number of carbonyl (C=O) groups excluding carboxylic acids is 1. The van der Waals surface area contributed by atoms with Crippen molar-refractivity contribution in [1.82, 2.24) is 14.4 Å². The molecule has 0 radical (unpaired) electrons. The van der Waals surface area contributed by atoms with E-state index in [-0.39, 0.29) is 5.91 Å². The molecule has 2 fully saturated rings. The molecular weight excluding hydrogens is 273 g/mol. The molecule has 1 N–H and O–H groups in total. The minimum atomic E-state index is -2.87. The molecular formula is C11H13ClN3O2P. The maximum Gasteiger partial charge on any atom is 0.311 e. The fourth-order valence-corrected chi connectivity index (χ4v) is 4.30. The van der Waals surface area contributed by atoms with Crippen LogP contribution in [0.2, 0.25) is 5.02 Å². The second-order valence-corrected chi connectivity index (χ2v) is 7.22. The molecule has 0 unspecified atom stereocenters. The van der Waals surface area contributed by atoms with Crippen LogP contribution in [0.3, 0.4) is 0 Å². The summed E-state index contributed by atoms with van der Waals surface area (Å²) in [6.45, 7) is 3.10. The van der Waals surface area contributed by atoms with Gasteiger partial charge in [-0.25, -0.2) is 9.34 Å². The molecule has 96 valence electrons. The molecule has 0 bridgehead atoms. The van der Waals surface area contributed by atoms with Gasteiger partial charge in [0.15, 0.2) is 0 Å². The average Bonchev–Trinajstić information content (AvgIpc) is 3.18. The Morgan fingerprint density at radius 3 is 2.22 bits per heavy atom. The van der Waals surface area contributed by atoms with Gasteiger partial charge >= 0.3 is 7.59 Å². The second kappa shape index (κ2) is 4.35. The highest BCUT2D eigenvalue weighted by Crippen LogP contribution is 2.56. The average molecular weight is 286 g/mol. The van der Waals surface area contributed by atoms with E-state index >= 15 is 0 Å². The lowest BCUT2D eigenvalue weighted by Crippen LogP contribution is -2.27. The number of hydrogen-bond acceptors (Lipinski definition) is 2. The number of carbonyl (C=O) groups is 1. The Bertz CT molecular complexity index is 527. The van der Waals surface area contributed by atoms with Crippen LogP contribution in [0, 0.1) is 0 Å². The molecule has 0 saturated carbocycles. The van der Waals surface area contributed by atoms with Crippen molar-refractivity contribution in [1.29, 1.82) is 0 Å². The first-order valence-electron chi connectivity index (χ1n) is 5.79. The number of nitrogens with one attached hydrogen (secondary N) is 1. The van der Waals surface area contributed by atoms with Crippen LogP contribution >= 0.6 is 19.2 Å². The summed E-state index contributed by atoms with van der Waals surface area (Å²) in [5, 5.41) is 3.03. The van der Waals surface area contributed by atoms with E-state index in [1.165, 1.54) is 0 Å². The van der Waals surface area contributed by atoms with Crippen molar-refractivity contribution in [2.45, 2.75) is 0 Å². The first kappa shape index (κ1) is 12.2. The fourth-order valence-electron chi connectivity index (χ4n) is 1.79. The molecule has 18 heavy (non-hydrogen) atoms. The number of hydrogen-bond donors (Lipinski definition) is 1. The Morgan fingerprint density at radius 1 is 1.17 bits per heavy atom. The largest absolute Gasteiger partial charge is 0.311 e. The molecule has 0 aliphatic carbocycles. The first-order valence-corrected chi connectivity index (χ1v) is 7.78. The Kier molecular flexibility index (Phi) is 2.94. The quantitative estimate of drug-likeness (QED) is 0.677. The lowest BCUT2D eigenvalue weighted by molar-refractivity contribution is 0.0978. The van der Waals surface area contributed by atoms with Crippen molar-refractivity contribution in [2.75, 3.05) is 26.2 Å². The van der Waals surface area contributed by atoms with E-state index in [1.54, 1.807) is 33.6 Å². The highest BCUT2D eigenvalue weighted by atomic mass is 35.5. The minimum Gasteiger partial charge on any atom is -0.279 e. The van der Waals surface area contributed by atoms with E-state index in [0.29, 0.717) is 10.6 Å². The van der Waals surface area contributed by atoms with Crippen molar-refractivity contribution in [3.05, 3.63) is 34.9 Å². The van der Waals surface area contributed by atoms with Crippen molar-refractivity contribution >= 4 is 25.1 Å². The van der Waals surface area contributed by atoms with E-state index in [0.717, 1.165) is 26.2 Å². The summed E-state index contributed by atoms with van der Waals surface area (Å²) in [4.78, 5) is 12.1. The Hall–Kier alpha value is -0.870. The summed E-state index contributed by atoms with van der Waals surface area (Å²) in [6, 6.07) is 6.77. The summed E-state index contributed by atoms with van der Waals surface area (Å²) >= 11 is 5.96. The zero-order valence-corrected chi connectivity index (χ0v) is 11.3. The SMILES string of the molecule is O=C(NP(=O)(N1CC1)N1CC1)c1ccccc1Cl. The van der Waals surface area contributed by atoms with E-state index in [1.807, 2.05) is 0 Å². The highest BCUT2D eigenvalue weighted by Gasteiger charge is 2.49. The van der Waals surface area contributed by atoms with Gasteiger partial charge in [0.2, 0.25) is 0 Å². The number of benzene rings is 1. The van der Waals surface area contributed by atoms with Crippen LogP contribution in [0.5, 0.6) is 0 Å². The molecule has 7 heteroatoms. The Labute approximate surface area is 110 Å². The molecule has 2 aliphatic heterocycles. The van der Waals surface area contributed by atoms with Crippen molar-refractivity contribution < 1.29 is 9.36 Å². The van der Waals surface area contributed by atoms with Crippen LogP contribution in [-0.2, 0) is 4.57 Å². The molecule has 2 saturated heterocycles. The summed E-state index contributed by atoms with van der Waals surface area (Å²) < 4.78 is 16.3. The van der Waals surface area contributed by atoms with Crippen LogP contribution in [0.25, 0.3) is 0 Å². The molecule has 2 heterocycles. The van der Waals surface area contributed by atoms with Crippen molar-refractivity contribution in [3.8, 4) is 0 Å². The predicted octanol–water partition coefficient (Wildman–Crippen LogP) is 1.81. The van der Waals surface area contributed by atoms with Crippen LogP contribution < -0.4 is 5.09 Å². The van der Waals surface area contributed by atoms with Gasteiger partial charge < -0.3 is 0 Å². The lowest BCUT2D eigenvalue weighted by atomic mass is 10.2. The van der Waals surface area contributed by atoms with Gasteiger partial charge in [-0.2, -0.15) is 0 Å². The molecule has 0 spiro atoms. The van der Waals surface area contributed by atoms with E-state index in [2.05, 4.69) is 5.09 Å². The number of amides is 1. The zero-order chi connectivity index (χ0) is 12.8. The van der Waals surface area contributed by atoms with Gasteiger partial charge in [0.1, 0.15) is 0 Å². The summed E-state index contributed by atoms with van der Waals surface area (Å²) in [7, 11) is -2.87. The molecule has 1 amide bonds. The van der Waals surface area contributed by atoms with Crippen molar-refractivity contribution in [2.24, 2.45) is 0 Å². The molecule has 1 aromatic carbocycles. The van der Waals surface area contributed by atoms with Crippen molar-refractivity contribution in [3.63, 3.8) is 0 Å². The highest BCUT2D eigenvalue weighted by molar-refractivity contribution is 7.58. The lowest BCUT2D eigenvalue weighted by Gasteiger charge is -2.21. The van der Waals surface area contributed by atoms with Gasteiger partial charge in [0.25, 0.3) is 5.91 Å². The maximum absolute atomic E-state index is 12.7. The Morgan fingerprint density at radius 2 is 1.72 bits per heavy atom. The summed E-state index contributed by atoms with van der Waals surface area (Å²) in [5.41, 5.74) is 0.364.